The van der Waals surface area contributed by atoms with E-state index >= 15 is 0 Å². The van der Waals surface area contributed by atoms with E-state index in [1.165, 1.54) is 0 Å². The minimum absolute atomic E-state index is 0.181. The van der Waals surface area contributed by atoms with E-state index in [-0.39, 0.29) is 12.3 Å². The normalized spacial score (nSPS) is 10.9. The molecular weight excluding hydrogens is 316 g/mol. The van der Waals surface area contributed by atoms with Crippen molar-refractivity contribution in [1.82, 2.24) is 4.72 Å². The predicted octanol–water partition coefficient (Wildman–Crippen LogP) is 1.22. The smallest absolute Gasteiger partial charge is 0.238 e. The highest BCUT2D eigenvalue weighted by Crippen LogP contribution is 2.22. The first-order valence-corrected chi connectivity index (χ1v) is 9.13. The molecule has 0 saturated carbocycles. The topological polar surface area (TPSA) is 102 Å². The zero-order valence-electron chi connectivity index (χ0n) is 13.6. The standard InChI is InChI=1S/C15H22N4O3S/c1-4-19(10-9-17-23(3,21)22)13-5-6-14(12(2)11-13)18-15(20)7-8-16/h5-6,11,17H,4,7,9-10H2,1-3H3,(H,18,20). The van der Waals surface area contributed by atoms with Crippen LogP contribution in [0.1, 0.15) is 18.9 Å². The number of nitriles is 1. The summed E-state index contributed by atoms with van der Waals surface area (Å²) in [6.45, 7) is 5.45. The van der Waals surface area contributed by atoms with Gasteiger partial charge in [0, 0.05) is 31.0 Å². The highest BCUT2D eigenvalue weighted by molar-refractivity contribution is 7.88. The summed E-state index contributed by atoms with van der Waals surface area (Å²) >= 11 is 0. The molecule has 1 amide bonds. The van der Waals surface area contributed by atoms with Crippen molar-refractivity contribution < 1.29 is 13.2 Å². The first-order valence-electron chi connectivity index (χ1n) is 7.24. The number of rotatable bonds is 8. The van der Waals surface area contributed by atoms with Gasteiger partial charge in [0.2, 0.25) is 15.9 Å². The van der Waals surface area contributed by atoms with Crippen LogP contribution in [0.15, 0.2) is 18.2 Å². The van der Waals surface area contributed by atoms with Crippen molar-refractivity contribution in [3.05, 3.63) is 23.8 Å². The van der Waals surface area contributed by atoms with Gasteiger partial charge in [0.15, 0.2) is 0 Å². The third kappa shape index (κ3) is 6.67. The molecule has 0 spiro atoms. The second kappa shape index (κ2) is 8.50. The van der Waals surface area contributed by atoms with Crippen molar-refractivity contribution in [2.75, 3.05) is 36.1 Å². The quantitative estimate of drug-likeness (QED) is 0.742. The van der Waals surface area contributed by atoms with E-state index in [4.69, 9.17) is 5.26 Å². The first-order chi connectivity index (χ1) is 10.8. The highest BCUT2D eigenvalue weighted by Gasteiger charge is 2.09. The number of carbonyl (C=O) groups is 1. The molecule has 2 N–H and O–H groups in total. The van der Waals surface area contributed by atoms with Crippen LogP contribution in [0.5, 0.6) is 0 Å². The van der Waals surface area contributed by atoms with Crippen LogP contribution in [0.2, 0.25) is 0 Å². The Bertz CT molecular complexity index is 695. The lowest BCUT2D eigenvalue weighted by Gasteiger charge is -2.24. The molecule has 8 heteroatoms. The van der Waals surface area contributed by atoms with Crippen molar-refractivity contribution in [3.8, 4) is 6.07 Å². The summed E-state index contributed by atoms with van der Waals surface area (Å²) in [5.74, 6) is -0.340. The molecule has 0 aromatic heterocycles. The molecule has 1 aromatic rings. The van der Waals surface area contributed by atoms with Crippen LogP contribution in [0, 0.1) is 18.3 Å². The molecule has 0 atom stereocenters. The minimum Gasteiger partial charge on any atom is -0.370 e. The van der Waals surface area contributed by atoms with E-state index in [9.17, 15) is 13.2 Å². The second-order valence-corrected chi connectivity index (χ2v) is 6.96. The Morgan fingerprint density at radius 1 is 1.39 bits per heavy atom. The van der Waals surface area contributed by atoms with Gasteiger partial charge in [0.05, 0.1) is 12.3 Å². The van der Waals surface area contributed by atoms with Crippen LogP contribution < -0.4 is 14.9 Å². The molecule has 0 radical (unpaired) electrons. The van der Waals surface area contributed by atoms with E-state index in [1.807, 2.05) is 30.9 Å². The molecule has 1 aromatic carbocycles. The van der Waals surface area contributed by atoms with Gasteiger partial charge in [-0.3, -0.25) is 4.79 Å². The molecule has 0 fully saturated rings. The lowest BCUT2D eigenvalue weighted by molar-refractivity contribution is -0.115. The van der Waals surface area contributed by atoms with E-state index in [2.05, 4.69) is 10.0 Å². The molecule has 23 heavy (non-hydrogen) atoms. The van der Waals surface area contributed by atoms with E-state index in [1.54, 1.807) is 12.1 Å². The third-order valence-corrected chi connectivity index (χ3v) is 3.95. The fourth-order valence-corrected chi connectivity index (χ4v) is 2.55. The Kier molecular flexibility index (Phi) is 7.00. The summed E-state index contributed by atoms with van der Waals surface area (Å²) in [5, 5.41) is 11.2. The Morgan fingerprint density at radius 2 is 2.09 bits per heavy atom. The van der Waals surface area contributed by atoms with E-state index in [0.717, 1.165) is 24.1 Å². The second-order valence-electron chi connectivity index (χ2n) is 5.13. The summed E-state index contributed by atoms with van der Waals surface area (Å²) in [4.78, 5) is 13.5. The number of nitrogens with zero attached hydrogens (tertiary/aromatic N) is 2. The fraction of sp³-hybridized carbons (Fsp3) is 0.467. The lowest BCUT2D eigenvalue weighted by atomic mass is 10.1. The number of nitrogens with one attached hydrogen (secondary N) is 2. The van der Waals surface area contributed by atoms with Crippen molar-refractivity contribution in [3.63, 3.8) is 0 Å². The van der Waals surface area contributed by atoms with E-state index in [0.29, 0.717) is 18.8 Å². The average Bonchev–Trinajstić information content (AvgIpc) is 2.45. The molecule has 1 rings (SSSR count). The largest absolute Gasteiger partial charge is 0.370 e. The van der Waals surface area contributed by atoms with Gasteiger partial charge < -0.3 is 10.2 Å². The summed E-state index contributed by atoms with van der Waals surface area (Å²) in [7, 11) is -3.19. The molecule has 0 heterocycles. The third-order valence-electron chi connectivity index (χ3n) is 3.22. The van der Waals surface area contributed by atoms with Crippen LogP contribution in [-0.4, -0.2) is 40.2 Å². The Hall–Kier alpha value is -2.11. The number of carbonyl (C=O) groups excluding carboxylic acids is 1. The number of amides is 1. The van der Waals surface area contributed by atoms with Crippen molar-refractivity contribution in [2.45, 2.75) is 20.3 Å². The maximum absolute atomic E-state index is 11.5. The average molecular weight is 338 g/mol. The fourth-order valence-electron chi connectivity index (χ4n) is 2.09. The predicted molar refractivity (Wildman–Crippen MR) is 90.8 cm³/mol. The van der Waals surface area contributed by atoms with Crippen LogP contribution in [0.25, 0.3) is 0 Å². The molecule has 7 nitrogen and oxygen atoms in total. The summed E-state index contributed by atoms with van der Waals surface area (Å²) in [6.07, 6.45) is 0.950. The highest BCUT2D eigenvalue weighted by atomic mass is 32.2. The molecule has 0 aliphatic heterocycles. The molecule has 0 bridgehead atoms. The number of likely N-dealkylation sites (N-methyl/N-ethyl adjacent to an activating group) is 1. The van der Waals surface area contributed by atoms with Crippen LogP contribution in [-0.2, 0) is 14.8 Å². The van der Waals surface area contributed by atoms with Crippen LogP contribution in [0.3, 0.4) is 0 Å². The molecule has 0 unspecified atom stereocenters. The molecule has 0 aliphatic rings. The van der Waals surface area contributed by atoms with Gasteiger partial charge in [-0.25, -0.2) is 13.1 Å². The van der Waals surface area contributed by atoms with Crippen LogP contribution >= 0.6 is 0 Å². The monoisotopic (exact) mass is 338 g/mol. The molecule has 126 valence electrons. The van der Waals surface area contributed by atoms with Crippen LogP contribution in [0.4, 0.5) is 11.4 Å². The zero-order chi connectivity index (χ0) is 17.5. The Balaban J connectivity index is 2.77. The summed E-state index contributed by atoms with van der Waals surface area (Å²) < 4.78 is 24.7. The number of aryl methyl sites for hydroxylation is 1. The number of hydrogen-bond donors (Lipinski definition) is 2. The maximum atomic E-state index is 11.5. The van der Waals surface area contributed by atoms with Gasteiger partial charge in [0.1, 0.15) is 6.42 Å². The Morgan fingerprint density at radius 3 is 2.61 bits per heavy atom. The number of anilines is 2. The van der Waals surface area contributed by atoms with Crippen molar-refractivity contribution in [1.29, 1.82) is 5.26 Å². The minimum atomic E-state index is -3.19. The van der Waals surface area contributed by atoms with Gasteiger partial charge in [-0.15, -0.1) is 0 Å². The molecule has 0 saturated heterocycles. The zero-order valence-corrected chi connectivity index (χ0v) is 14.4. The Labute approximate surface area is 137 Å². The number of sulfonamides is 1. The maximum Gasteiger partial charge on any atom is 0.238 e. The summed E-state index contributed by atoms with van der Waals surface area (Å²) in [6, 6.07) is 7.37. The van der Waals surface area contributed by atoms with Gasteiger partial charge in [-0.1, -0.05) is 0 Å². The van der Waals surface area contributed by atoms with Crippen molar-refractivity contribution in [2.24, 2.45) is 0 Å². The van der Waals surface area contributed by atoms with E-state index < -0.39 is 10.0 Å². The first kappa shape index (κ1) is 18.9. The molecular formula is C15H22N4O3S. The SMILES string of the molecule is CCN(CCNS(C)(=O)=O)c1ccc(NC(=O)CC#N)c(C)c1. The molecule has 0 aliphatic carbocycles. The van der Waals surface area contributed by atoms with Gasteiger partial charge in [-0.05, 0) is 37.6 Å². The lowest BCUT2D eigenvalue weighted by Crippen LogP contribution is -2.34. The van der Waals surface area contributed by atoms with Gasteiger partial charge in [0.25, 0.3) is 0 Å². The van der Waals surface area contributed by atoms with Gasteiger partial charge in [-0.2, -0.15) is 5.26 Å². The summed E-state index contributed by atoms with van der Waals surface area (Å²) in [5.41, 5.74) is 2.49. The number of benzene rings is 1. The van der Waals surface area contributed by atoms with Gasteiger partial charge >= 0.3 is 0 Å². The number of hydrogen-bond acceptors (Lipinski definition) is 5. The van der Waals surface area contributed by atoms with Crippen molar-refractivity contribution >= 4 is 27.3 Å².